The number of hydrogen-bond acceptors (Lipinski definition) is 2. The molecule has 4 heteroatoms. The maximum absolute atomic E-state index is 12.7. The molecule has 0 radical (unpaired) electrons. The van der Waals surface area contributed by atoms with Gasteiger partial charge in [-0.15, -0.1) is 11.8 Å². The Morgan fingerprint density at radius 1 is 1.19 bits per heavy atom. The summed E-state index contributed by atoms with van der Waals surface area (Å²) < 4.78 is 12.7. The van der Waals surface area contributed by atoms with Gasteiger partial charge in [-0.2, -0.15) is 0 Å². The first-order valence-corrected chi connectivity index (χ1v) is 7.59. The van der Waals surface area contributed by atoms with Gasteiger partial charge in [0.15, 0.2) is 0 Å². The van der Waals surface area contributed by atoms with Gasteiger partial charge in [0.25, 0.3) is 5.91 Å². The highest BCUT2D eigenvalue weighted by Gasteiger charge is 2.08. The maximum atomic E-state index is 12.7. The van der Waals surface area contributed by atoms with E-state index in [1.165, 1.54) is 23.9 Å². The first-order chi connectivity index (χ1) is 10.2. The van der Waals surface area contributed by atoms with Crippen molar-refractivity contribution in [3.8, 4) is 11.8 Å². The second-order valence-corrected chi connectivity index (χ2v) is 5.04. The lowest BCUT2D eigenvalue weighted by Gasteiger charge is -2.05. The van der Waals surface area contributed by atoms with Crippen LogP contribution >= 0.6 is 11.8 Å². The summed E-state index contributed by atoms with van der Waals surface area (Å²) in [5, 5.41) is 2.76. The molecule has 0 aliphatic rings. The lowest BCUT2D eigenvalue weighted by atomic mass is 10.2. The molecule has 2 rings (SSSR count). The molecular formula is C17H14FNOS. The van der Waals surface area contributed by atoms with Crippen LogP contribution in [0.25, 0.3) is 0 Å². The van der Waals surface area contributed by atoms with Gasteiger partial charge in [0.2, 0.25) is 0 Å². The third-order valence-corrected chi connectivity index (χ3v) is 3.56. The van der Waals surface area contributed by atoms with Gasteiger partial charge in [0.1, 0.15) is 5.82 Å². The van der Waals surface area contributed by atoms with Gasteiger partial charge in [0, 0.05) is 10.5 Å². The number of rotatable bonds is 3. The van der Waals surface area contributed by atoms with Crippen LogP contribution in [0.15, 0.2) is 53.4 Å². The smallest absolute Gasteiger partial charge is 0.253 e. The van der Waals surface area contributed by atoms with Crippen molar-refractivity contribution in [1.29, 1.82) is 0 Å². The molecule has 0 saturated carbocycles. The van der Waals surface area contributed by atoms with Crippen molar-refractivity contribution in [2.24, 2.45) is 0 Å². The Hall–Kier alpha value is -2.25. The number of benzene rings is 2. The predicted molar refractivity (Wildman–Crippen MR) is 83.8 cm³/mol. The topological polar surface area (TPSA) is 29.1 Å². The number of thioether (sulfide) groups is 1. The average molecular weight is 299 g/mol. The van der Waals surface area contributed by atoms with Crippen molar-refractivity contribution >= 4 is 17.7 Å². The molecule has 2 aromatic rings. The zero-order valence-corrected chi connectivity index (χ0v) is 12.3. The first-order valence-electron chi connectivity index (χ1n) is 6.36. The van der Waals surface area contributed by atoms with Gasteiger partial charge < -0.3 is 5.32 Å². The molecule has 0 spiro atoms. The number of nitrogens with one attached hydrogen (secondary N) is 1. The average Bonchev–Trinajstić information content (AvgIpc) is 2.53. The van der Waals surface area contributed by atoms with Crippen LogP contribution in [-0.4, -0.2) is 18.7 Å². The molecule has 0 heterocycles. The number of hydrogen-bond donors (Lipinski definition) is 1. The molecule has 0 atom stereocenters. The van der Waals surface area contributed by atoms with E-state index in [0.717, 1.165) is 10.5 Å². The van der Waals surface area contributed by atoms with Gasteiger partial charge in [-0.25, -0.2) is 4.39 Å². The molecule has 0 aromatic heterocycles. The lowest BCUT2D eigenvalue weighted by molar-refractivity contribution is 0.0956. The number of halogens is 1. The molecule has 0 aliphatic heterocycles. The van der Waals surface area contributed by atoms with Crippen LogP contribution in [-0.2, 0) is 0 Å². The highest BCUT2D eigenvalue weighted by atomic mass is 32.2. The Labute approximate surface area is 127 Å². The quantitative estimate of drug-likeness (QED) is 0.696. The van der Waals surface area contributed by atoms with Crippen molar-refractivity contribution in [3.63, 3.8) is 0 Å². The third-order valence-electron chi connectivity index (χ3n) is 2.77. The summed E-state index contributed by atoms with van der Waals surface area (Å²) in [6, 6.07) is 13.4. The molecule has 21 heavy (non-hydrogen) atoms. The fraction of sp³-hybridized carbons (Fsp3) is 0.118. The Morgan fingerprint density at radius 3 is 2.62 bits per heavy atom. The standard InChI is InChI=1S/C17H14FNOS/c1-21-16-7-3-2-6-15(16)17(20)19-12-4-5-13-8-10-14(18)11-9-13/h2-3,6-11H,12H2,1H3,(H,19,20). The molecule has 2 aromatic carbocycles. The molecule has 0 saturated heterocycles. The molecular weight excluding hydrogens is 285 g/mol. The summed E-state index contributed by atoms with van der Waals surface area (Å²) in [7, 11) is 0. The Kier molecular flexibility index (Phi) is 5.42. The summed E-state index contributed by atoms with van der Waals surface area (Å²) in [6.45, 7) is 0.249. The van der Waals surface area contributed by atoms with E-state index in [1.807, 2.05) is 24.5 Å². The van der Waals surface area contributed by atoms with Gasteiger partial charge >= 0.3 is 0 Å². The largest absolute Gasteiger partial charge is 0.341 e. The van der Waals surface area contributed by atoms with Crippen LogP contribution in [0.2, 0.25) is 0 Å². The minimum absolute atomic E-state index is 0.145. The zero-order valence-electron chi connectivity index (χ0n) is 11.5. The molecule has 1 amide bonds. The van der Waals surface area contributed by atoms with Crippen molar-refractivity contribution in [2.75, 3.05) is 12.8 Å². The van der Waals surface area contributed by atoms with Crippen LogP contribution in [0.3, 0.4) is 0 Å². The summed E-state index contributed by atoms with van der Waals surface area (Å²) in [4.78, 5) is 13.0. The Balaban J connectivity index is 1.94. The van der Waals surface area contributed by atoms with Gasteiger partial charge in [-0.3, -0.25) is 4.79 Å². The van der Waals surface area contributed by atoms with Crippen molar-refractivity contribution < 1.29 is 9.18 Å². The molecule has 106 valence electrons. The van der Waals surface area contributed by atoms with Crippen molar-refractivity contribution in [3.05, 3.63) is 65.5 Å². The number of carbonyl (C=O) groups excluding carboxylic acids is 1. The Bertz CT molecular complexity index is 686. The maximum Gasteiger partial charge on any atom is 0.253 e. The molecule has 0 bridgehead atoms. The zero-order chi connectivity index (χ0) is 15.1. The minimum atomic E-state index is -0.289. The van der Waals surface area contributed by atoms with Crippen LogP contribution in [0.4, 0.5) is 4.39 Å². The van der Waals surface area contributed by atoms with Crippen molar-refractivity contribution in [1.82, 2.24) is 5.32 Å². The summed E-state index contributed by atoms with van der Waals surface area (Å²) >= 11 is 1.53. The van der Waals surface area contributed by atoms with Gasteiger partial charge in [-0.05, 0) is 42.7 Å². The van der Waals surface area contributed by atoms with E-state index in [-0.39, 0.29) is 18.3 Å². The van der Waals surface area contributed by atoms with E-state index in [9.17, 15) is 9.18 Å². The van der Waals surface area contributed by atoms with E-state index >= 15 is 0 Å². The fourth-order valence-corrected chi connectivity index (χ4v) is 2.33. The van der Waals surface area contributed by atoms with Crippen LogP contribution in [0.1, 0.15) is 15.9 Å². The normalized spacial score (nSPS) is 9.62. The van der Waals surface area contributed by atoms with Crippen molar-refractivity contribution in [2.45, 2.75) is 4.90 Å². The van der Waals surface area contributed by atoms with Crippen LogP contribution < -0.4 is 5.32 Å². The molecule has 0 unspecified atom stereocenters. The third kappa shape index (κ3) is 4.37. The number of amides is 1. The molecule has 0 fully saturated rings. The summed E-state index contributed by atoms with van der Waals surface area (Å²) in [5.74, 6) is 5.28. The van der Waals surface area contributed by atoms with E-state index in [4.69, 9.17) is 0 Å². The van der Waals surface area contributed by atoms with E-state index < -0.39 is 0 Å². The second kappa shape index (κ2) is 7.51. The minimum Gasteiger partial charge on any atom is -0.341 e. The highest BCUT2D eigenvalue weighted by Crippen LogP contribution is 2.19. The number of carbonyl (C=O) groups is 1. The SMILES string of the molecule is CSc1ccccc1C(=O)NCC#Cc1ccc(F)cc1. The van der Waals surface area contributed by atoms with Gasteiger partial charge in [-0.1, -0.05) is 24.0 Å². The van der Waals surface area contributed by atoms with Crippen LogP contribution in [0, 0.1) is 17.7 Å². The summed E-state index contributed by atoms with van der Waals surface area (Å²) in [6.07, 6.45) is 1.93. The van der Waals surface area contributed by atoms with E-state index in [0.29, 0.717) is 5.56 Å². The molecule has 0 aliphatic carbocycles. The monoisotopic (exact) mass is 299 g/mol. The fourth-order valence-electron chi connectivity index (χ4n) is 1.73. The summed E-state index contributed by atoms with van der Waals surface area (Å²) in [5.41, 5.74) is 1.36. The predicted octanol–water partition coefficient (Wildman–Crippen LogP) is 3.33. The Morgan fingerprint density at radius 2 is 1.90 bits per heavy atom. The lowest BCUT2D eigenvalue weighted by Crippen LogP contribution is -2.24. The molecule has 2 nitrogen and oxygen atoms in total. The van der Waals surface area contributed by atoms with E-state index in [2.05, 4.69) is 17.2 Å². The second-order valence-electron chi connectivity index (χ2n) is 4.19. The van der Waals surface area contributed by atoms with Crippen LogP contribution in [0.5, 0.6) is 0 Å². The highest BCUT2D eigenvalue weighted by molar-refractivity contribution is 7.98. The van der Waals surface area contributed by atoms with Gasteiger partial charge in [0.05, 0.1) is 12.1 Å². The van der Waals surface area contributed by atoms with E-state index in [1.54, 1.807) is 18.2 Å². The molecule has 1 N–H and O–H groups in total. The first kappa shape index (κ1) is 15.1.